The molecule has 3 nitrogen and oxygen atoms in total. The average Bonchev–Trinajstić information content (AvgIpc) is 2.75. The molecule has 0 aromatic heterocycles. The summed E-state index contributed by atoms with van der Waals surface area (Å²) in [5.41, 5.74) is 5.67. The largest absolute Gasteiger partial charge is 0.354 e. The summed E-state index contributed by atoms with van der Waals surface area (Å²) in [6, 6.07) is -0.406. The number of rotatable bonds is 3. The Bertz CT molecular complexity index is 220. The quantitative estimate of drug-likeness (QED) is 0.714. The van der Waals surface area contributed by atoms with E-state index in [4.69, 9.17) is 5.73 Å². The first-order valence-electron chi connectivity index (χ1n) is 5.35. The molecular formula is C11H22N2O. The van der Waals surface area contributed by atoms with E-state index in [-0.39, 0.29) is 11.3 Å². The molecular weight excluding hydrogens is 176 g/mol. The van der Waals surface area contributed by atoms with Gasteiger partial charge in [-0.15, -0.1) is 0 Å². The highest BCUT2D eigenvalue weighted by molar-refractivity contribution is 5.82. The van der Waals surface area contributed by atoms with Crippen molar-refractivity contribution >= 4 is 5.91 Å². The predicted molar refractivity (Wildman–Crippen MR) is 57.7 cm³/mol. The fraction of sp³-hybridized carbons (Fsp3) is 0.909. The van der Waals surface area contributed by atoms with Gasteiger partial charge in [0.05, 0.1) is 6.04 Å². The van der Waals surface area contributed by atoms with E-state index >= 15 is 0 Å². The molecule has 14 heavy (non-hydrogen) atoms. The zero-order valence-electron chi connectivity index (χ0n) is 9.63. The van der Waals surface area contributed by atoms with Crippen molar-refractivity contribution in [2.24, 2.45) is 23.0 Å². The van der Waals surface area contributed by atoms with Gasteiger partial charge in [-0.05, 0) is 23.7 Å². The summed E-state index contributed by atoms with van der Waals surface area (Å²) in [6.45, 7) is 8.95. The topological polar surface area (TPSA) is 55.1 Å². The summed E-state index contributed by atoms with van der Waals surface area (Å²) < 4.78 is 0. The van der Waals surface area contributed by atoms with Crippen molar-refractivity contribution in [1.29, 1.82) is 0 Å². The molecule has 1 aliphatic rings. The average molecular weight is 198 g/mol. The zero-order valence-corrected chi connectivity index (χ0v) is 9.63. The van der Waals surface area contributed by atoms with Gasteiger partial charge in [-0.25, -0.2) is 0 Å². The lowest BCUT2D eigenvalue weighted by Crippen LogP contribution is -2.49. The van der Waals surface area contributed by atoms with Crippen LogP contribution < -0.4 is 11.1 Å². The molecule has 0 heterocycles. The van der Waals surface area contributed by atoms with Crippen LogP contribution >= 0.6 is 0 Å². The van der Waals surface area contributed by atoms with Crippen LogP contribution in [0.2, 0.25) is 0 Å². The molecule has 3 heteroatoms. The van der Waals surface area contributed by atoms with Crippen LogP contribution in [0.5, 0.6) is 0 Å². The van der Waals surface area contributed by atoms with E-state index in [0.717, 1.165) is 12.5 Å². The van der Waals surface area contributed by atoms with Gasteiger partial charge in [0, 0.05) is 6.54 Å². The van der Waals surface area contributed by atoms with E-state index in [2.05, 4.69) is 12.2 Å². The van der Waals surface area contributed by atoms with Crippen LogP contribution in [0.4, 0.5) is 0 Å². The SMILES string of the molecule is CC1CC1CNC(=O)C(N)C(C)(C)C. The van der Waals surface area contributed by atoms with Crippen molar-refractivity contribution in [3.63, 3.8) is 0 Å². The smallest absolute Gasteiger partial charge is 0.237 e. The third-order valence-corrected chi connectivity index (χ3v) is 3.03. The van der Waals surface area contributed by atoms with Gasteiger partial charge in [0.15, 0.2) is 0 Å². The Balaban J connectivity index is 2.27. The molecule has 1 rings (SSSR count). The molecule has 82 valence electrons. The van der Waals surface area contributed by atoms with Gasteiger partial charge in [0.25, 0.3) is 0 Å². The number of nitrogens with one attached hydrogen (secondary N) is 1. The van der Waals surface area contributed by atoms with Crippen molar-refractivity contribution < 1.29 is 4.79 Å². The maximum Gasteiger partial charge on any atom is 0.237 e. The van der Waals surface area contributed by atoms with Gasteiger partial charge in [0.1, 0.15) is 0 Å². The number of carbonyl (C=O) groups is 1. The molecule has 0 spiro atoms. The zero-order chi connectivity index (χ0) is 10.9. The number of hydrogen-bond donors (Lipinski definition) is 2. The van der Waals surface area contributed by atoms with Crippen LogP contribution in [-0.2, 0) is 4.79 Å². The number of hydrogen-bond acceptors (Lipinski definition) is 2. The van der Waals surface area contributed by atoms with Gasteiger partial charge in [-0.1, -0.05) is 27.7 Å². The maximum absolute atomic E-state index is 11.6. The van der Waals surface area contributed by atoms with E-state index in [1.807, 2.05) is 20.8 Å². The monoisotopic (exact) mass is 198 g/mol. The highest BCUT2D eigenvalue weighted by Crippen LogP contribution is 2.36. The van der Waals surface area contributed by atoms with E-state index in [0.29, 0.717) is 5.92 Å². The van der Waals surface area contributed by atoms with Crippen molar-refractivity contribution in [2.45, 2.75) is 40.2 Å². The normalized spacial score (nSPS) is 28.4. The van der Waals surface area contributed by atoms with Gasteiger partial charge >= 0.3 is 0 Å². The summed E-state index contributed by atoms with van der Waals surface area (Å²) in [5.74, 6) is 1.45. The predicted octanol–water partition coefficient (Wildman–Crippen LogP) is 1.13. The van der Waals surface area contributed by atoms with Crippen LogP contribution in [-0.4, -0.2) is 18.5 Å². The van der Waals surface area contributed by atoms with E-state index < -0.39 is 6.04 Å². The van der Waals surface area contributed by atoms with Crippen molar-refractivity contribution in [2.75, 3.05) is 6.54 Å². The highest BCUT2D eigenvalue weighted by Gasteiger charge is 2.34. The third kappa shape index (κ3) is 2.98. The molecule has 0 saturated heterocycles. The van der Waals surface area contributed by atoms with Gasteiger partial charge < -0.3 is 11.1 Å². The van der Waals surface area contributed by atoms with E-state index in [9.17, 15) is 4.79 Å². The lowest BCUT2D eigenvalue weighted by Gasteiger charge is -2.25. The van der Waals surface area contributed by atoms with Crippen LogP contribution in [0.1, 0.15) is 34.1 Å². The Morgan fingerprint density at radius 2 is 2.07 bits per heavy atom. The Labute approximate surface area is 86.4 Å². The van der Waals surface area contributed by atoms with Crippen LogP contribution in [0.25, 0.3) is 0 Å². The van der Waals surface area contributed by atoms with Crippen LogP contribution in [0.15, 0.2) is 0 Å². The number of amides is 1. The fourth-order valence-corrected chi connectivity index (χ4v) is 1.42. The first-order chi connectivity index (χ1) is 6.32. The second-order valence-corrected chi connectivity index (χ2v) is 5.56. The molecule has 0 aromatic rings. The molecule has 1 saturated carbocycles. The molecule has 0 aromatic carbocycles. The minimum Gasteiger partial charge on any atom is -0.354 e. The van der Waals surface area contributed by atoms with Crippen LogP contribution in [0, 0.1) is 17.3 Å². The van der Waals surface area contributed by atoms with Crippen LogP contribution in [0.3, 0.4) is 0 Å². The molecule has 0 bridgehead atoms. The number of carbonyl (C=O) groups excluding carboxylic acids is 1. The molecule has 3 unspecified atom stereocenters. The van der Waals surface area contributed by atoms with Gasteiger partial charge in [-0.3, -0.25) is 4.79 Å². The minimum atomic E-state index is -0.406. The molecule has 1 fully saturated rings. The first-order valence-corrected chi connectivity index (χ1v) is 5.35. The molecule has 3 N–H and O–H groups in total. The minimum absolute atomic E-state index is 0.0170. The van der Waals surface area contributed by atoms with Gasteiger partial charge in [0.2, 0.25) is 5.91 Å². The lowest BCUT2D eigenvalue weighted by atomic mass is 9.87. The molecule has 1 aliphatic carbocycles. The summed E-state index contributed by atoms with van der Waals surface area (Å²) in [5, 5.41) is 2.92. The Morgan fingerprint density at radius 3 is 2.43 bits per heavy atom. The summed E-state index contributed by atoms with van der Waals surface area (Å²) in [6.07, 6.45) is 1.24. The number of nitrogens with two attached hydrogens (primary N) is 1. The fourth-order valence-electron chi connectivity index (χ4n) is 1.42. The lowest BCUT2D eigenvalue weighted by molar-refractivity contribution is -0.124. The highest BCUT2D eigenvalue weighted by atomic mass is 16.2. The van der Waals surface area contributed by atoms with E-state index in [1.165, 1.54) is 6.42 Å². The van der Waals surface area contributed by atoms with Crippen molar-refractivity contribution in [3.8, 4) is 0 Å². The summed E-state index contributed by atoms with van der Waals surface area (Å²) >= 11 is 0. The van der Waals surface area contributed by atoms with Crippen molar-refractivity contribution in [3.05, 3.63) is 0 Å². The summed E-state index contributed by atoms with van der Waals surface area (Å²) in [7, 11) is 0. The standard InChI is InChI=1S/C11H22N2O/c1-7-5-8(7)6-13-10(14)9(12)11(2,3)4/h7-9H,5-6,12H2,1-4H3,(H,13,14). The molecule has 3 atom stereocenters. The molecule has 0 aliphatic heterocycles. The Hall–Kier alpha value is -0.570. The third-order valence-electron chi connectivity index (χ3n) is 3.03. The Morgan fingerprint density at radius 1 is 1.57 bits per heavy atom. The second kappa shape index (κ2) is 3.89. The summed E-state index contributed by atoms with van der Waals surface area (Å²) in [4.78, 5) is 11.6. The molecule has 1 amide bonds. The van der Waals surface area contributed by atoms with Gasteiger partial charge in [-0.2, -0.15) is 0 Å². The Kier molecular flexibility index (Phi) is 3.20. The van der Waals surface area contributed by atoms with Crippen molar-refractivity contribution in [1.82, 2.24) is 5.32 Å². The van der Waals surface area contributed by atoms with E-state index in [1.54, 1.807) is 0 Å². The maximum atomic E-state index is 11.6. The second-order valence-electron chi connectivity index (χ2n) is 5.56. The first kappa shape index (κ1) is 11.5. The molecule has 0 radical (unpaired) electrons.